The highest BCUT2D eigenvalue weighted by molar-refractivity contribution is 5.88. The number of halogens is 1. The molecule has 0 atom stereocenters. The van der Waals surface area contributed by atoms with Gasteiger partial charge < -0.3 is 51.3 Å². The maximum Gasteiger partial charge on any atom is 0.222 e. The summed E-state index contributed by atoms with van der Waals surface area (Å²) in [5.41, 5.74) is 21.2. The standard InChI is InChI=1S/C22H25FN6O.C19H18N6O.C19H21N5O2/c1-22(2,30)7-4-15-10-19-16(11-25-15)17(14-5-8-28(3)9-6-14)13-29(19)20-18(23)12-26-21(24)27-20;1-19(2,26)7-5-14-10-16-15(11-23-14)13(4-3-8-20)12-25(16)17-6-9-22-18(21)24-17;1-19(2,25)7-4-14-10-16-15(11-22-14)13(6-9-26-3)12-24(16)17-5-8-21-18(20)23-17/h10-14,30H,5-6,8-9H2,1-3H3,(H2,24,26,27);6,9-12,26H,3-4H2,1-2H3,(H2,21,22,24);5,8,10-12,25H,6,9H2,1-3H3,(H2,20,21,23). The van der Waals surface area contributed by atoms with Gasteiger partial charge in [-0.25, -0.2) is 34.3 Å². The number of nitrogen functional groups attached to an aromatic ring is 3. The number of fused-ring (bicyclic) bond motifs is 3. The van der Waals surface area contributed by atoms with Crippen LogP contribution in [0.3, 0.4) is 0 Å². The van der Waals surface area contributed by atoms with E-state index in [0.29, 0.717) is 54.1 Å². The molecule has 1 aliphatic rings. The van der Waals surface area contributed by atoms with E-state index >= 15 is 0 Å². The lowest BCUT2D eigenvalue weighted by Gasteiger charge is -2.28. The van der Waals surface area contributed by atoms with Crippen molar-refractivity contribution in [2.45, 2.75) is 96.4 Å². The van der Waals surface area contributed by atoms with Crippen LogP contribution in [0.2, 0.25) is 0 Å². The average molecular weight is 1110 g/mol. The molecule has 10 heterocycles. The molecule has 0 unspecified atom stereocenters. The first-order valence-corrected chi connectivity index (χ1v) is 26.2. The summed E-state index contributed by atoms with van der Waals surface area (Å²) in [5, 5.41) is 41.2. The topological polar surface area (TPSA) is 306 Å². The van der Waals surface area contributed by atoms with Crippen molar-refractivity contribution in [1.29, 1.82) is 5.26 Å². The van der Waals surface area contributed by atoms with E-state index in [1.165, 1.54) is 0 Å². The van der Waals surface area contributed by atoms with Crippen molar-refractivity contribution in [3.8, 4) is 59.0 Å². The Hall–Kier alpha value is -9.39. The van der Waals surface area contributed by atoms with Crippen LogP contribution in [0, 0.1) is 52.7 Å². The normalized spacial score (nSPS) is 12.9. The maximum absolute atomic E-state index is 14.6. The van der Waals surface area contributed by atoms with Crippen LogP contribution in [0.1, 0.15) is 100 Å². The Balaban J connectivity index is 0.000000162. The summed E-state index contributed by atoms with van der Waals surface area (Å²) >= 11 is 0. The zero-order valence-corrected chi connectivity index (χ0v) is 46.9. The molecule has 0 aromatic carbocycles. The van der Waals surface area contributed by atoms with Gasteiger partial charge in [-0.05, 0) is 158 Å². The Bertz CT molecular complexity index is 4020. The van der Waals surface area contributed by atoms with Gasteiger partial charge >= 0.3 is 0 Å². The zero-order chi connectivity index (χ0) is 58.9. The van der Waals surface area contributed by atoms with Crippen LogP contribution >= 0.6 is 0 Å². The minimum atomic E-state index is -1.13. The molecular weight excluding hydrogens is 1040 g/mol. The number of likely N-dealkylation sites (tertiary alicyclic amines) is 1. The van der Waals surface area contributed by atoms with Gasteiger partial charge in [0, 0.05) is 79.3 Å². The number of anilines is 3. The fraction of sp³-hybridized carbons (Fsp3) is 0.333. The van der Waals surface area contributed by atoms with E-state index in [4.69, 9.17) is 27.2 Å². The molecule has 21 nitrogen and oxygen atoms in total. The maximum atomic E-state index is 14.6. The van der Waals surface area contributed by atoms with Crippen LogP contribution in [-0.4, -0.2) is 129 Å². The van der Waals surface area contributed by atoms with Crippen molar-refractivity contribution in [2.24, 2.45) is 0 Å². The summed E-state index contributed by atoms with van der Waals surface area (Å²) in [6.45, 7) is 12.3. The molecule has 9 aromatic heterocycles. The second kappa shape index (κ2) is 25.0. The molecule has 0 radical (unpaired) electrons. The molecule has 0 aliphatic carbocycles. The number of hydrogen-bond acceptors (Lipinski definition) is 18. The molecule has 1 aliphatic heterocycles. The van der Waals surface area contributed by atoms with Crippen molar-refractivity contribution >= 4 is 50.6 Å². The largest absolute Gasteiger partial charge is 0.384 e. The van der Waals surface area contributed by atoms with E-state index in [2.05, 4.69) is 98.4 Å². The van der Waals surface area contributed by atoms with E-state index in [1.54, 1.807) is 102 Å². The van der Waals surface area contributed by atoms with Crippen LogP contribution < -0.4 is 17.2 Å². The first-order chi connectivity index (χ1) is 38.9. The summed E-state index contributed by atoms with van der Waals surface area (Å²) in [7, 11) is 3.79. The lowest BCUT2D eigenvalue weighted by Crippen LogP contribution is -2.29. The highest BCUT2D eigenvalue weighted by Crippen LogP contribution is 2.36. The number of methoxy groups -OCH3 is 1. The summed E-state index contributed by atoms with van der Waals surface area (Å²) in [6.07, 6.45) is 19.2. The van der Waals surface area contributed by atoms with Crippen LogP contribution in [-0.2, 0) is 17.6 Å². The summed E-state index contributed by atoms with van der Waals surface area (Å²) in [5.74, 6) is 18.6. The number of rotatable bonds is 9. The van der Waals surface area contributed by atoms with E-state index in [0.717, 1.165) is 87.9 Å². The zero-order valence-electron chi connectivity index (χ0n) is 46.9. The second-order valence-corrected chi connectivity index (χ2v) is 21.1. The Morgan fingerprint density at radius 3 is 1.52 bits per heavy atom. The van der Waals surface area contributed by atoms with Gasteiger partial charge in [-0.3, -0.25) is 4.57 Å². The Morgan fingerprint density at radius 2 is 1.07 bits per heavy atom. The third kappa shape index (κ3) is 15.1. The van der Waals surface area contributed by atoms with Gasteiger partial charge in [0.25, 0.3) is 0 Å². The van der Waals surface area contributed by atoms with Crippen molar-refractivity contribution in [3.63, 3.8) is 0 Å². The van der Waals surface area contributed by atoms with Crippen molar-refractivity contribution in [3.05, 3.63) is 126 Å². The highest BCUT2D eigenvalue weighted by atomic mass is 19.1. The molecule has 82 heavy (non-hydrogen) atoms. The van der Waals surface area contributed by atoms with Crippen molar-refractivity contribution in [2.75, 3.05) is 51.1 Å². The molecular formula is C60H64FN17O4. The molecule has 0 saturated carbocycles. The SMILES string of the molecule is CC(C)(O)C#Cc1cc2c(cn1)c(CCC#N)cn2-c1ccnc(N)n1.CN1CCC(c2cn(-c3nc(N)ncc3F)c3cc(C#CC(C)(C)O)ncc23)CC1.COCCc1cn(-c2ccnc(N)n2)c2cc(C#CC(C)(C)O)ncc12. The molecule has 420 valence electrons. The van der Waals surface area contributed by atoms with Gasteiger partial charge in [-0.1, -0.05) is 17.8 Å². The molecule has 1 fully saturated rings. The lowest BCUT2D eigenvalue weighted by molar-refractivity contribution is 0.143. The van der Waals surface area contributed by atoms with Gasteiger partial charge in [0.2, 0.25) is 17.8 Å². The first kappa shape index (κ1) is 58.8. The van der Waals surface area contributed by atoms with Gasteiger partial charge in [-0.15, -0.1) is 0 Å². The van der Waals surface area contributed by atoms with Crippen LogP contribution in [0.25, 0.3) is 50.2 Å². The molecule has 0 bridgehead atoms. The Kier molecular flexibility index (Phi) is 17.9. The van der Waals surface area contributed by atoms with Gasteiger partial charge in [0.1, 0.15) is 45.5 Å². The Morgan fingerprint density at radius 1 is 0.622 bits per heavy atom. The number of nitrogens with zero attached hydrogens (tertiary/aromatic N) is 14. The number of piperidine rings is 1. The predicted octanol–water partition coefficient (Wildman–Crippen LogP) is 6.15. The predicted molar refractivity (Wildman–Crippen MR) is 312 cm³/mol. The minimum Gasteiger partial charge on any atom is -0.384 e. The number of pyridine rings is 3. The van der Waals surface area contributed by atoms with E-state index in [9.17, 15) is 19.7 Å². The molecule has 0 spiro atoms. The molecule has 0 amide bonds. The quantitative estimate of drug-likeness (QED) is 0.0883. The Labute approximate surface area is 474 Å². The average Bonchev–Trinajstić information content (AvgIpc) is 4.31. The smallest absolute Gasteiger partial charge is 0.222 e. The van der Waals surface area contributed by atoms with E-state index < -0.39 is 22.6 Å². The first-order valence-electron chi connectivity index (χ1n) is 26.2. The van der Waals surface area contributed by atoms with Crippen LogP contribution in [0.4, 0.5) is 22.2 Å². The number of aryl methyl sites for hydroxylation is 1. The van der Waals surface area contributed by atoms with Crippen LogP contribution in [0.5, 0.6) is 0 Å². The molecule has 22 heteroatoms. The summed E-state index contributed by atoms with van der Waals surface area (Å²) in [4.78, 5) is 39.9. The van der Waals surface area contributed by atoms with Gasteiger partial charge in [0.05, 0.1) is 35.4 Å². The summed E-state index contributed by atoms with van der Waals surface area (Å²) < 4.78 is 25.3. The van der Waals surface area contributed by atoms with E-state index in [1.807, 2.05) is 39.9 Å². The molecule has 9 aromatic rings. The summed E-state index contributed by atoms with van der Waals surface area (Å²) in [6, 6.07) is 11.2. The number of aromatic nitrogens is 12. The fourth-order valence-electron chi connectivity index (χ4n) is 8.91. The van der Waals surface area contributed by atoms with Crippen LogP contribution in [0.15, 0.2) is 86.1 Å². The molecule has 1 saturated heterocycles. The van der Waals surface area contributed by atoms with Crippen molar-refractivity contribution in [1.82, 2.24) is 63.5 Å². The number of ether oxygens (including phenoxy) is 1. The number of nitriles is 1. The van der Waals surface area contributed by atoms with Gasteiger partial charge in [-0.2, -0.15) is 20.2 Å². The fourth-order valence-corrected chi connectivity index (χ4v) is 8.91. The second-order valence-electron chi connectivity index (χ2n) is 21.1. The van der Waals surface area contributed by atoms with Gasteiger partial charge in [0.15, 0.2) is 11.6 Å². The number of nitrogens with two attached hydrogens (primary N) is 3. The number of aliphatic hydroxyl groups is 3. The molecule has 9 N–H and O–H groups in total. The van der Waals surface area contributed by atoms with Crippen molar-refractivity contribution < 1.29 is 24.4 Å². The number of hydrogen-bond donors (Lipinski definition) is 6. The lowest BCUT2D eigenvalue weighted by atomic mass is 9.90. The monoisotopic (exact) mass is 1110 g/mol. The van der Waals surface area contributed by atoms with E-state index in [-0.39, 0.29) is 23.7 Å². The third-order valence-electron chi connectivity index (χ3n) is 12.8. The highest BCUT2D eigenvalue weighted by Gasteiger charge is 2.25. The molecule has 10 rings (SSSR count). The third-order valence-corrected chi connectivity index (χ3v) is 12.8. The minimum absolute atomic E-state index is 0.00481.